The Morgan fingerprint density at radius 3 is 2.41 bits per heavy atom. The Kier molecular flexibility index (Phi) is 4.30. The Hall–Kier alpha value is -2.63. The fourth-order valence-electron chi connectivity index (χ4n) is 1.80. The number of hydrogen-bond donors (Lipinski definition) is 2. The zero-order valence-corrected chi connectivity index (χ0v) is 12.8. The predicted molar refractivity (Wildman–Crippen MR) is 82.1 cm³/mol. The lowest BCUT2D eigenvalue weighted by Gasteiger charge is -2.19. The number of carboxylic acid groups (broad SMARTS) is 1. The number of amides is 1. The maximum atomic E-state index is 12.0. The van der Waals surface area contributed by atoms with Crippen LogP contribution in [0.3, 0.4) is 0 Å². The molecule has 0 atom stereocenters. The molecule has 2 rings (SSSR count). The molecule has 0 aliphatic carbocycles. The number of nitrogens with one attached hydrogen (secondary N) is 1. The number of nitrogens with zero attached hydrogens (tertiary/aromatic N) is 2. The minimum atomic E-state index is -0.998. The van der Waals surface area contributed by atoms with E-state index in [2.05, 4.69) is 10.4 Å². The maximum absolute atomic E-state index is 12.0. The van der Waals surface area contributed by atoms with Gasteiger partial charge in [-0.2, -0.15) is 5.10 Å². The molecule has 0 unspecified atom stereocenters. The van der Waals surface area contributed by atoms with Gasteiger partial charge in [0.2, 0.25) is 0 Å². The van der Waals surface area contributed by atoms with Crippen LogP contribution in [0.4, 0.5) is 0 Å². The summed E-state index contributed by atoms with van der Waals surface area (Å²) >= 11 is 0. The Balaban J connectivity index is 2.04. The van der Waals surface area contributed by atoms with Crippen molar-refractivity contribution in [3.63, 3.8) is 0 Å². The third-order valence-electron chi connectivity index (χ3n) is 3.38. The Labute approximate surface area is 128 Å². The van der Waals surface area contributed by atoms with E-state index in [0.29, 0.717) is 5.56 Å². The molecule has 2 aromatic rings. The van der Waals surface area contributed by atoms with E-state index in [1.807, 2.05) is 13.1 Å². The van der Waals surface area contributed by atoms with Gasteiger partial charge >= 0.3 is 5.97 Å². The second-order valence-corrected chi connectivity index (χ2v) is 5.88. The van der Waals surface area contributed by atoms with Gasteiger partial charge in [-0.25, -0.2) is 4.68 Å². The molecule has 6 nitrogen and oxygen atoms in total. The van der Waals surface area contributed by atoms with Crippen LogP contribution in [0, 0.1) is 12.3 Å². The van der Waals surface area contributed by atoms with Gasteiger partial charge in [-0.15, -0.1) is 0 Å². The highest BCUT2D eigenvalue weighted by molar-refractivity contribution is 5.94. The van der Waals surface area contributed by atoms with Crippen LogP contribution in [0.2, 0.25) is 0 Å². The van der Waals surface area contributed by atoms with Crippen molar-refractivity contribution in [1.29, 1.82) is 0 Å². The standard InChI is InChI=1S/C16H19N3O3/c1-11-8-18-19(9-11)13-6-4-12(5-7-13)14(20)17-10-16(2,3)15(21)22/h4-9H,10H2,1-3H3,(H,17,20)(H,21,22). The first-order valence-electron chi connectivity index (χ1n) is 6.93. The molecule has 0 saturated heterocycles. The highest BCUT2D eigenvalue weighted by Gasteiger charge is 2.27. The lowest BCUT2D eigenvalue weighted by atomic mass is 9.94. The minimum Gasteiger partial charge on any atom is -0.481 e. The van der Waals surface area contributed by atoms with E-state index in [0.717, 1.165) is 11.3 Å². The first-order valence-corrected chi connectivity index (χ1v) is 6.93. The van der Waals surface area contributed by atoms with E-state index in [1.165, 1.54) is 0 Å². The van der Waals surface area contributed by atoms with Crippen LogP contribution in [0.1, 0.15) is 29.8 Å². The molecule has 22 heavy (non-hydrogen) atoms. The first kappa shape index (κ1) is 15.8. The second-order valence-electron chi connectivity index (χ2n) is 5.88. The number of carbonyl (C=O) groups is 2. The molecule has 0 aliphatic rings. The number of hydrogen-bond acceptors (Lipinski definition) is 3. The molecule has 1 aromatic heterocycles. The third kappa shape index (κ3) is 3.52. The fraction of sp³-hybridized carbons (Fsp3) is 0.312. The number of aliphatic carboxylic acids is 1. The molecule has 6 heteroatoms. The van der Waals surface area contributed by atoms with E-state index >= 15 is 0 Å². The predicted octanol–water partition coefficient (Wildman–Crippen LogP) is 2.02. The molecular formula is C16H19N3O3. The Bertz CT molecular complexity index is 687. The molecule has 1 heterocycles. The molecule has 0 aliphatic heterocycles. The number of rotatable bonds is 5. The van der Waals surface area contributed by atoms with Gasteiger partial charge in [0.05, 0.1) is 17.3 Å². The quantitative estimate of drug-likeness (QED) is 0.885. The second kappa shape index (κ2) is 6.01. The van der Waals surface area contributed by atoms with Crippen LogP contribution in [0.15, 0.2) is 36.7 Å². The molecule has 0 radical (unpaired) electrons. The smallest absolute Gasteiger partial charge is 0.310 e. The van der Waals surface area contributed by atoms with Crippen molar-refractivity contribution in [3.05, 3.63) is 47.8 Å². The summed E-state index contributed by atoms with van der Waals surface area (Å²) in [4.78, 5) is 23.1. The molecule has 2 N–H and O–H groups in total. The number of aromatic nitrogens is 2. The highest BCUT2D eigenvalue weighted by atomic mass is 16.4. The van der Waals surface area contributed by atoms with E-state index in [4.69, 9.17) is 5.11 Å². The monoisotopic (exact) mass is 301 g/mol. The van der Waals surface area contributed by atoms with Crippen molar-refractivity contribution in [2.24, 2.45) is 5.41 Å². The minimum absolute atomic E-state index is 0.0707. The summed E-state index contributed by atoms with van der Waals surface area (Å²) in [6, 6.07) is 6.97. The van der Waals surface area contributed by atoms with Gasteiger partial charge in [0.25, 0.3) is 5.91 Å². The fourth-order valence-corrected chi connectivity index (χ4v) is 1.80. The average Bonchev–Trinajstić information content (AvgIpc) is 2.91. The summed E-state index contributed by atoms with van der Waals surface area (Å²) in [6.07, 6.45) is 3.65. The van der Waals surface area contributed by atoms with Gasteiger partial charge in [-0.05, 0) is 50.6 Å². The summed E-state index contributed by atoms with van der Waals surface area (Å²) in [5, 5.41) is 15.9. The van der Waals surface area contributed by atoms with Crippen LogP contribution in [-0.4, -0.2) is 33.3 Å². The largest absolute Gasteiger partial charge is 0.481 e. The number of carbonyl (C=O) groups excluding carboxylic acids is 1. The molecule has 1 aromatic carbocycles. The average molecular weight is 301 g/mol. The lowest BCUT2D eigenvalue weighted by molar-refractivity contribution is -0.146. The van der Waals surface area contributed by atoms with Crippen molar-refractivity contribution in [3.8, 4) is 5.69 Å². The highest BCUT2D eigenvalue weighted by Crippen LogP contribution is 2.14. The van der Waals surface area contributed by atoms with Crippen molar-refractivity contribution >= 4 is 11.9 Å². The van der Waals surface area contributed by atoms with E-state index in [-0.39, 0.29) is 12.5 Å². The van der Waals surface area contributed by atoms with E-state index in [1.54, 1.807) is 49.0 Å². The van der Waals surface area contributed by atoms with Crippen LogP contribution in [0.5, 0.6) is 0 Å². The number of carboxylic acids is 1. The molecule has 116 valence electrons. The van der Waals surface area contributed by atoms with Gasteiger partial charge in [-0.3, -0.25) is 9.59 Å². The van der Waals surface area contributed by atoms with Crippen LogP contribution in [0.25, 0.3) is 5.69 Å². The van der Waals surface area contributed by atoms with Gasteiger partial charge < -0.3 is 10.4 Å². The maximum Gasteiger partial charge on any atom is 0.310 e. The normalized spacial score (nSPS) is 11.2. The Morgan fingerprint density at radius 1 is 1.27 bits per heavy atom. The van der Waals surface area contributed by atoms with Gasteiger partial charge in [0.15, 0.2) is 0 Å². The summed E-state index contributed by atoms with van der Waals surface area (Å²) in [6.45, 7) is 5.16. The van der Waals surface area contributed by atoms with E-state index < -0.39 is 11.4 Å². The summed E-state index contributed by atoms with van der Waals surface area (Å²) in [5.74, 6) is -1.24. The number of benzene rings is 1. The summed E-state index contributed by atoms with van der Waals surface area (Å²) < 4.78 is 1.73. The molecule has 0 fully saturated rings. The first-order chi connectivity index (χ1) is 10.3. The number of aryl methyl sites for hydroxylation is 1. The van der Waals surface area contributed by atoms with Crippen molar-refractivity contribution in [1.82, 2.24) is 15.1 Å². The summed E-state index contributed by atoms with van der Waals surface area (Å²) in [5.41, 5.74) is 1.39. The zero-order valence-electron chi connectivity index (χ0n) is 12.8. The molecule has 1 amide bonds. The molecule has 0 bridgehead atoms. The van der Waals surface area contributed by atoms with Gasteiger partial charge in [-0.1, -0.05) is 0 Å². The Morgan fingerprint density at radius 2 is 1.91 bits per heavy atom. The van der Waals surface area contributed by atoms with Crippen molar-refractivity contribution in [2.75, 3.05) is 6.54 Å². The molecular weight excluding hydrogens is 282 g/mol. The van der Waals surface area contributed by atoms with Crippen molar-refractivity contribution < 1.29 is 14.7 Å². The zero-order chi connectivity index (χ0) is 16.3. The topological polar surface area (TPSA) is 84.2 Å². The van der Waals surface area contributed by atoms with Gasteiger partial charge in [0.1, 0.15) is 0 Å². The van der Waals surface area contributed by atoms with Gasteiger partial charge in [0, 0.05) is 18.3 Å². The lowest BCUT2D eigenvalue weighted by Crippen LogP contribution is -2.38. The molecule has 0 spiro atoms. The third-order valence-corrected chi connectivity index (χ3v) is 3.38. The molecule has 0 saturated carbocycles. The van der Waals surface area contributed by atoms with Crippen LogP contribution >= 0.6 is 0 Å². The van der Waals surface area contributed by atoms with Crippen molar-refractivity contribution in [2.45, 2.75) is 20.8 Å². The van der Waals surface area contributed by atoms with E-state index in [9.17, 15) is 9.59 Å². The van der Waals surface area contributed by atoms with Crippen LogP contribution < -0.4 is 5.32 Å². The summed E-state index contributed by atoms with van der Waals surface area (Å²) in [7, 11) is 0. The SMILES string of the molecule is Cc1cnn(-c2ccc(C(=O)NCC(C)(C)C(=O)O)cc2)c1. The van der Waals surface area contributed by atoms with Crippen LogP contribution in [-0.2, 0) is 4.79 Å².